The Kier molecular flexibility index (Phi) is 3.67. The summed E-state index contributed by atoms with van der Waals surface area (Å²) in [4.78, 5) is 11.1. The fourth-order valence-corrected chi connectivity index (χ4v) is 3.33. The quantitative estimate of drug-likeness (QED) is 0.829. The molecule has 0 radical (unpaired) electrons. The highest BCUT2D eigenvalue weighted by molar-refractivity contribution is 5.80. The lowest BCUT2D eigenvalue weighted by Crippen LogP contribution is -2.43. The number of pyridine rings is 1. The summed E-state index contributed by atoms with van der Waals surface area (Å²) in [7, 11) is 0. The molecule has 2 aliphatic rings. The average molecular weight is 258 g/mol. The van der Waals surface area contributed by atoms with Gasteiger partial charge in [-0.3, -0.25) is 9.98 Å². The summed E-state index contributed by atoms with van der Waals surface area (Å²) < 4.78 is 0. The normalized spacial score (nSPS) is 25.2. The van der Waals surface area contributed by atoms with Crippen LogP contribution >= 0.6 is 0 Å². The second kappa shape index (κ2) is 5.59. The van der Waals surface area contributed by atoms with Crippen molar-refractivity contribution in [3.8, 4) is 0 Å². The van der Waals surface area contributed by atoms with E-state index >= 15 is 0 Å². The maximum atomic E-state index is 6.14. The van der Waals surface area contributed by atoms with Crippen molar-refractivity contribution in [1.29, 1.82) is 0 Å². The van der Waals surface area contributed by atoms with Gasteiger partial charge in [0.05, 0.1) is 12.6 Å². The van der Waals surface area contributed by atoms with Crippen molar-refractivity contribution in [2.75, 3.05) is 6.54 Å². The third-order valence-corrected chi connectivity index (χ3v) is 4.31. The lowest BCUT2D eigenvalue weighted by molar-refractivity contribution is 0.237. The summed E-state index contributed by atoms with van der Waals surface area (Å²) in [5.74, 6) is 0.723. The number of aromatic nitrogens is 1. The van der Waals surface area contributed by atoms with Crippen LogP contribution in [0.25, 0.3) is 0 Å². The van der Waals surface area contributed by atoms with E-state index in [0.29, 0.717) is 6.04 Å². The lowest BCUT2D eigenvalue weighted by Gasteiger charge is -2.34. The van der Waals surface area contributed by atoms with E-state index in [4.69, 9.17) is 5.73 Å². The van der Waals surface area contributed by atoms with Gasteiger partial charge in [-0.25, -0.2) is 0 Å². The Morgan fingerprint density at radius 1 is 1.16 bits per heavy atom. The van der Waals surface area contributed by atoms with E-state index < -0.39 is 0 Å². The Labute approximate surface area is 114 Å². The molecule has 0 bridgehead atoms. The standard InChI is InChI=1S/C15H22N4/c16-15-18-11-14(12-6-5-9-17-10-12)19(15)13-7-3-1-2-4-8-13/h5-6,9-10,13-14H,1-4,7-8,11H2,(H2,16,18). The first-order valence-corrected chi connectivity index (χ1v) is 7.34. The molecule has 4 heteroatoms. The Hall–Kier alpha value is -1.58. The van der Waals surface area contributed by atoms with E-state index in [1.54, 1.807) is 0 Å². The van der Waals surface area contributed by atoms with Gasteiger partial charge in [-0.2, -0.15) is 0 Å². The van der Waals surface area contributed by atoms with Gasteiger partial charge in [0.15, 0.2) is 5.96 Å². The van der Waals surface area contributed by atoms with Gasteiger partial charge in [-0.15, -0.1) is 0 Å². The van der Waals surface area contributed by atoms with Crippen LogP contribution in [-0.2, 0) is 0 Å². The number of guanidine groups is 1. The van der Waals surface area contributed by atoms with Crippen LogP contribution in [0.4, 0.5) is 0 Å². The molecule has 0 amide bonds. The molecule has 3 rings (SSSR count). The summed E-state index contributed by atoms with van der Waals surface area (Å²) in [5.41, 5.74) is 7.38. The van der Waals surface area contributed by atoms with Crippen LogP contribution in [0.1, 0.15) is 50.1 Å². The van der Waals surface area contributed by atoms with Gasteiger partial charge in [0.25, 0.3) is 0 Å². The van der Waals surface area contributed by atoms with Crippen molar-refractivity contribution < 1.29 is 0 Å². The van der Waals surface area contributed by atoms with E-state index in [9.17, 15) is 0 Å². The summed E-state index contributed by atoms with van der Waals surface area (Å²) in [5, 5.41) is 0. The number of nitrogens with zero attached hydrogens (tertiary/aromatic N) is 3. The fraction of sp³-hybridized carbons (Fsp3) is 0.600. The lowest BCUT2D eigenvalue weighted by atomic mass is 10.0. The molecular weight excluding hydrogens is 236 g/mol. The monoisotopic (exact) mass is 258 g/mol. The Balaban J connectivity index is 1.81. The van der Waals surface area contributed by atoms with Gasteiger partial charge in [0.1, 0.15) is 0 Å². The third-order valence-electron chi connectivity index (χ3n) is 4.31. The second-order valence-corrected chi connectivity index (χ2v) is 5.55. The van der Waals surface area contributed by atoms with Gasteiger partial charge in [0, 0.05) is 18.4 Å². The number of hydrogen-bond donors (Lipinski definition) is 1. The van der Waals surface area contributed by atoms with Crippen LogP contribution in [0.15, 0.2) is 29.5 Å². The zero-order valence-corrected chi connectivity index (χ0v) is 11.3. The number of nitrogens with two attached hydrogens (primary N) is 1. The molecule has 2 heterocycles. The topological polar surface area (TPSA) is 54.5 Å². The van der Waals surface area contributed by atoms with E-state index in [-0.39, 0.29) is 6.04 Å². The molecule has 0 aromatic carbocycles. The molecule has 0 spiro atoms. The molecule has 19 heavy (non-hydrogen) atoms. The molecule has 1 unspecified atom stereocenters. The van der Waals surface area contributed by atoms with Crippen LogP contribution < -0.4 is 5.73 Å². The Morgan fingerprint density at radius 3 is 2.63 bits per heavy atom. The Bertz CT molecular complexity index is 435. The predicted octanol–water partition coefficient (Wildman–Crippen LogP) is 2.48. The maximum absolute atomic E-state index is 6.14. The van der Waals surface area contributed by atoms with Gasteiger partial charge >= 0.3 is 0 Å². The van der Waals surface area contributed by atoms with E-state index in [2.05, 4.69) is 20.9 Å². The Morgan fingerprint density at radius 2 is 1.95 bits per heavy atom. The average Bonchev–Trinajstić information content (AvgIpc) is 2.66. The molecule has 1 aromatic rings. The molecule has 1 atom stereocenters. The summed E-state index contributed by atoms with van der Waals surface area (Å²) in [6, 6.07) is 4.97. The molecule has 1 saturated carbocycles. The minimum atomic E-state index is 0.289. The van der Waals surface area contributed by atoms with Crippen molar-refractivity contribution in [3.05, 3.63) is 30.1 Å². The van der Waals surface area contributed by atoms with Gasteiger partial charge in [0.2, 0.25) is 0 Å². The molecule has 0 saturated heterocycles. The van der Waals surface area contributed by atoms with Crippen molar-refractivity contribution in [2.45, 2.75) is 50.6 Å². The molecule has 1 aliphatic heterocycles. The van der Waals surface area contributed by atoms with Crippen molar-refractivity contribution in [2.24, 2.45) is 10.7 Å². The molecule has 2 N–H and O–H groups in total. The highest BCUT2D eigenvalue weighted by atomic mass is 15.3. The van der Waals surface area contributed by atoms with Crippen LogP contribution in [0.5, 0.6) is 0 Å². The van der Waals surface area contributed by atoms with Gasteiger partial charge in [-0.05, 0) is 24.5 Å². The van der Waals surface area contributed by atoms with Crippen LogP contribution in [-0.4, -0.2) is 28.4 Å². The number of aliphatic imine (C=N–C) groups is 1. The molecule has 102 valence electrons. The zero-order valence-electron chi connectivity index (χ0n) is 11.3. The van der Waals surface area contributed by atoms with Gasteiger partial charge < -0.3 is 10.6 Å². The largest absolute Gasteiger partial charge is 0.370 e. The minimum Gasteiger partial charge on any atom is -0.370 e. The van der Waals surface area contributed by atoms with E-state index in [1.165, 1.54) is 44.1 Å². The fourth-order valence-electron chi connectivity index (χ4n) is 3.33. The van der Waals surface area contributed by atoms with Crippen LogP contribution in [0, 0.1) is 0 Å². The number of rotatable bonds is 2. The summed E-state index contributed by atoms with van der Waals surface area (Å²) in [6.07, 6.45) is 11.6. The van der Waals surface area contributed by atoms with Crippen molar-refractivity contribution >= 4 is 5.96 Å². The van der Waals surface area contributed by atoms with Crippen LogP contribution in [0.3, 0.4) is 0 Å². The molecule has 1 aromatic heterocycles. The van der Waals surface area contributed by atoms with E-state index in [0.717, 1.165) is 12.5 Å². The summed E-state index contributed by atoms with van der Waals surface area (Å²) >= 11 is 0. The third kappa shape index (κ3) is 2.57. The van der Waals surface area contributed by atoms with Crippen molar-refractivity contribution in [1.82, 2.24) is 9.88 Å². The smallest absolute Gasteiger partial charge is 0.192 e. The van der Waals surface area contributed by atoms with E-state index in [1.807, 2.05) is 18.5 Å². The predicted molar refractivity (Wildman–Crippen MR) is 76.8 cm³/mol. The van der Waals surface area contributed by atoms with Gasteiger partial charge in [-0.1, -0.05) is 31.7 Å². The SMILES string of the molecule is NC1=NCC(c2cccnc2)N1C1CCCCCC1. The highest BCUT2D eigenvalue weighted by Gasteiger charge is 2.33. The van der Waals surface area contributed by atoms with Crippen molar-refractivity contribution in [3.63, 3.8) is 0 Å². The zero-order chi connectivity index (χ0) is 13.1. The first-order chi connectivity index (χ1) is 9.36. The maximum Gasteiger partial charge on any atom is 0.192 e. The molecular formula is C15H22N4. The molecule has 1 fully saturated rings. The molecule has 1 aliphatic carbocycles. The number of hydrogen-bond acceptors (Lipinski definition) is 4. The second-order valence-electron chi connectivity index (χ2n) is 5.55. The minimum absolute atomic E-state index is 0.289. The first kappa shape index (κ1) is 12.5. The van der Waals surface area contributed by atoms with Crippen LogP contribution in [0.2, 0.25) is 0 Å². The summed E-state index contributed by atoms with van der Waals surface area (Å²) in [6.45, 7) is 0.772. The highest BCUT2D eigenvalue weighted by Crippen LogP contribution is 2.32. The molecule has 4 nitrogen and oxygen atoms in total. The first-order valence-electron chi connectivity index (χ1n) is 7.34.